The van der Waals surface area contributed by atoms with Crippen LogP contribution in [0, 0.1) is 15.9 Å². The molecule has 96 valence electrons. The van der Waals surface area contributed by atoms with Crippen LogP contribution in [0.5, 0.6) is 0 Å². The van der Waals surface area contributed by atoms with Crippen LogP contribution in [0.4, 0.5) is 10.1 Å². The fourth-order valence-corrected chi connectivity index (χ4v) is 1.79. The number of hydrogen-bond acceptors (Lipinski definition) is 4. The highest BCUT2D eigenvalue weighted by molar-refractivity contribution is 6.34. The summed E-state index contributed by atoms with van der Waals surface area (Å²) in [6, 6.07) is 1.93. The average molecular weight is 273 g/mol. The molecule has 0 aromatic heterocycles. The third-order valence-electron chi connectivity index (χ3n) is 2.43. The van der Waals surface area contributed by atoms with Crippen LogP contribution >= 0.6 is 11.6 Å². The fraction of sp³-hybridized carbons (Fsp3) is 0.364. The molecular weight excluding hydrogens is 263 g/mol. The van der Waals surface area contributed by atoms with Gasteiger partial charge in [-0.1, -0.05) is 11.6 Å². The molecule has 0 bridgehead atoms. The second kappa shape index (κ2) is 4.20. The molecule has 1 aromatic rings. The van der Waals surface area contributed by atoms with Gasteiger partial charge in [0, 0.05) is 12.1 Å². The molecule has 7 heteroatoms. The summed E-state index contributed by atoms with van der Waals surface area (Å²) in [5.41, 5.74) is -0.831. The van der Waals surface area contributed by atoms with Crippen molar-refractivity contribution in [2.45, 2.75) is 19.4 Å². The van der Waals surface area contributed by atoms with Gasteiger partial charge in [0.05, 0.1) is 21.0 Å². The van der Waals surface area contributed by atoms with Crippen molar-refractivity contribution in [3.05, 3.63) is 38.7 Å². The summed E-state index contributed by atoms with van der Waals surface area (Å²) < 4.78 is 18.6. The minimum atomic E-state index is -0.980. The van der Waals surface area contributed by atoms with Crippen LogP contribution in [-0.4, -0.2) is 23.0 Å². The van der Waals surface area contributed by atoms with E-state index in [1.165, 1.54) is 0 Å². The lowest BCUT2D eigenvalue weighted by molar-refractivity contribution is -0.387. The van der Waals surface area contributed by atoms with Gasteiger partial charge in [-0.25, -0.2) is 4.99 Å². The number of hydrogen-bond donors (Lipinski definition) is 0. The topological polar surface area (TPSA) is 64.7 Å². The first-order chi connectivity index (χ1) is 8.30. The second-order valence-electron chi connectivity index (χ2n) is 4.56. The number of nitro groups is 1. The van der Waals surface area contributed by atoms with E-state index in [0.29, 0.717) is 6.61 Å². The average Bonchev–Trinajstić information content (AvgIpc) is 2.58. The minimum absolute atomic E-state index is 0.0366. The molecule has 0 fully saturated rings. The van der Waals surface area contributed by atoms with Gasteiger partial charge in [-0.15, -0.1) is 0 Å². The first-order valence-electron chi connectivity index (χ1n) is 5.16. The van der Waals surface area contributed by atoms with Crippen molar-refractivity contribution in [3.63, 3.8) is 0 Å². The number of ether oxygens (including phenoxy) is 1. The Morgan fingerprint density at radius 1 is 1.56 bits per heavy atom. The van der Waals surface area contributed by atoms with E-state index in [9.17, 15) is 14.5 Å². The lowest BCUT2D eigenvalue weighted by Crippen LogP contribution is -2.17. The summed E-state index contributed by atoms with van der Waals surface area (Å²) in [4.78, 5) is 14.1. The maximum absolute atomic E-state index is 13.3. The van der Waals surface area contributed by atoms with Gasteiger partial charge in [-0.05, 0) is 13.8 Å². The van der Waals surface area contributed by atoms with Gasteiger partial charge in [-0.3, -0.25) is 10.1 Å². The molecule has 0 N–H and O–H groups in total. The Hall–Kier alpha value is -1.69. The first-order valence-corrected chi connectivity index (χ1v) is 5.54. The van der Waals surface area contributed by atoms with Crippen molar-refractivity contribution in [1.82, 2.24) is 0 Å². The highest BCUT2D eigenvalue weighted by atomic mass is 35.5. The van der Waals surface area contributed by atoms with Gasteiger partial charge in [0.25, 0.3) is 0 Å². The molecular formula is C11H10ClFN2O3. The SMILES string of the molecule is CC1(C)COC(c2cc([N+](=O)[O-])c(F)cc2Cl)=N1. The van der Waals surface area contributed by atoms with E-state index in [2.05, 4.69) is 4.99 Å². The monoisotopic (exact) mass is 272 g/mol. The number of benzene rings is 1. The number of nitro benzene ring substituents is 1. The number of nitrogens with zero attached hydrogens (tertiary/aromatic N) is 2. The number of halogens is 2. The largest absolute Gasteiger partial charge is 0.475 e. The maximum atomic E-state index is 13.3. The third-order valence-corrected chi connectivity index (χ3v) is 2.74. The van der Waals surface area contributed by atoms with Crippen molar-refractivity contribution >= 4 is 23.2 Å². The molecule has 1 aliphatic heterocycles. The fourth-order valence-electron chi connectivity index (χ4n) is 1.56. The van der Waals surface area contributed by atoms with Crippen molar-refractivity contribution < 1.29 is 14.1 Å². The van der Waals surface area contributed by atoms with E-state index in [4.69, 9.17) is 16.3 Å². The van der Waals surface area contributed by atoms with Gasteiger partial charge in [0.15, 0.2) is 0 Å². The normalized spacial score (nSPS) is 17.2. The van der Waals surface area contributed by atoms with Gasteiger partial charge in [0.1, 0.15) is 6.61 Å². The molecule has 0 aliphatic carbocycles. The van der Waals surface area contributed by atoms with Crippen LogP contribution in [0.2, 0.25) is 5.02 Å². The van der Waals surface area contributed by atoms with Crippen molar-refractivity contribution in [2.24, 2.45) is 4.99 Å². The molecule has 0 radical (unpaired) electrons. The predicted octanol–water partition coefficient (Wildman–Crippen LogP) is 2.94. The van der Waals surface area contributed by atoms with Gasteiger partial charge < -0.3 is 4.74 Å². The molecule has 1 heterocycles. The van der Waals surface area contributed by atoms with E-state index in [-0.39, 0.29) is 16.5 Å². The van der Waals surface area contributed by atoms with Crippen LogP contribution in [-0.2, 0) is 4.74 Å². The molecule has 2 rings (SSSR count). The van der Waals surface area contributed by atoms with E-state index in [1.807, 2.05) is 13.8 Å². The van der Waals surface area contributed by atoms with Crippen LogP contribution in [0.25, 0.3) is 0 Å². The summed E-state index contributed by atoms with van der Waals surface area (Å²) in [5.74, 6) is -0.778. The Bertz CT molecular complexity index is 557. The zero-order valence-corrected chi connectivity index (χ0v) is 10.5. The molecule has 0 saturated heterocycles. The van der Waals surface area contributed by atoms with Crippen molar-refractivity contribution in [2.75, 3.05) is 6.61 Å². The van der Waals surface area contributed by atoms with E-state index in [1.54, 1.807) is 0 Å². The smallest absolute Gasteiger partial charge is 0.305 e. The quantitative estimate of drug-likeness (QED) is 0.614. The van der Waals surface area contributed by atoms with E-state index in [0.717, 1.165) is 12.1 Å². The molecule has 0 amide bonds. The predicted molar refractivity (Wildman–Crippen MR) is 64.6 cm³/mol. The third kappa shape index (κ3) is 2.28. The Kier molecular flexibility index (Phi) is 2.98. The Morgan fingerprint density at radius 3 is 2.72 bits per heavy atom. The highest BCUT2D eigenvalue weighted by Crippen LogP contribution is 2.29. The summed E-state index contributed by atoms with van der Waals surface area (Å²) >= 11 is 5.86. The molecule has 0 unspecified atom stereocenters. The van der Waals surface area contributed by atoms with E-state index < -0.39 is 22.0 Å². The standard InChI is InChI=1S/C11H10ClFN2O3/c1-11(2)5-18-10(14-11)6-3-9(15(16)17)8(13)4-7(6)12/h3-4H,5H2,1-2H3. The van der Waals surface area contributed by atoms with Crippen LogP contribution in [0.1, 0.15) is 19.4 Å². The zero-order chi connectivity index (χ0) is 13.5. The summed E-state index contributed by atoms with van der Waals surface area (Å²) in [7, 11) is 0. The van der Waals surface area contributed by atoms with Crippen LogP contribution in [0.15, 0.2) is 17.1 Å². The molecule has 0 saturated carbocycles. The number of aliphatic imine (C=N–C) groups is 1. The first kappa shape index (κ1) is 12.8. The van der Waals surface area contributed by atoms with Crippen molar-refractivity contribution in [3.8, 4) is 0 Å². The summed E-state index contributed by atoms with van der Waals surface area (Å²) in [6.45, 7) is 4.06. The lowest BCUT2D eigenvalue weighted by Gasteiger charge is -2.07. The molecule has 1 aromatic carbocycles. The minimum Gasteiger partial charge on any atom is -0.475 e. The summed E-state index contributed by atoms with van der Waals surface area (Å²) in [5, 5.41) is 10.7. The maximum Gasteiger partial charge on any atom is 0.305 e. The molecule has 18 heavy (non-hydrogen) atoms. The van der Waals surface area contributed by atoms with E-state index >= 15 is 0 Å². The molecule has 0 atom stereocenters. The molecule has 0 spiro atoms. The van der Waals surface area contributed by atoms with Crippen LogP contribution < -0.4 is 0 Å². The van der Waals surface area contributed by atoms with Gasteiger partial charge >= 0.3 is 5.69 Å². The van der Waals surface area contributed by atoms with Crippen LogP contribution in [0.3, 0.4) is 0 Å². The summed E-state index contributed by atoms with van der Waals surface area (Å²) in [6.07, 6.45) is 0. The Morgan fingerprint density at radius 2 is 2.22 bits per heavy atom. The second-order valence-corrected chi connectivity index (χ2v) is 4.97. The van der Waals surface area contributed by atoms with Crippen molar-refractivity contribution in [1.29, 1.82) is 0 Å². The Balaban J connectivity index is 2.52. The molecule has 1 aliphatic rings. The number of rotatable bonds is 2. The zero-order valence-electron chi connectivity index (χ0n) is 9.74. The lowest BCUT2D eigenvalue weighted by atomic mass is 10.1. The molecule has 5 nitrogen and oxygen atoms in total. The van der Waals surface area contributed by atoms with Gasteiger partial charge in [0.2, 0.25) is 11.7 Å². The van der Waals surface area contributed by atoms with Gasteiger partial charge in [-0.2, -0.15) is 4.39 Å². The highest BCUT2D eigenvalue weighted by Gasteiger charge is 2.30. The Labute approximate surface area is 107 Å².